The second-order valence-electron chi connectivity index (χ2n) is 4.40. The van der Waals surface area contributed by atoms with E-state index >= 15 is 0 Å². The number of aliphatic hydroxyl groups excluding tert-OH is 1. The molecule has 2 nitrogen and oxygen atoms in total. The summed E-state index contributed by atoms with van der Waals surface area (Å²) in [5.74, 6) is 0.248. The van der Waals surface area contributed by atoms with Gasteiger partial charge in [-0.05, 0) is 40.8 Å². The lowest BCUT2D eigenvalue weighted by atomic mass is 9.92. The molecule has 0 amide bonds. The van der Waals surface area contributed by atoms with E-state index < -0.39 is 0 Å². The first-order valence-corrected chi connectivity index (χ1v) is 6.44. The molecule has 2 N–H and O–H groups in total. The van der Waals surface area contributed by atoms with Crippen LogP contribution in [0.3, 0.4) is 0 Å². The molecule has 0 spiro atoms. The third-order valence-electron chi connectivity index (χ3n) is 3.19. The highest BCUT2D eigenvalue weighted by atomic mass is 16.3. The van der Waals surface area contributed by atoms with Gasteiger partial charge in [-0.2, -0.15) is 0 Å². The van der Waals surface area contributed by atoms with Gasteiger partial charge in [-0.25, -0.2) is 0 Å². The molecule has 98 valence electrons. The number of aromatic hydroxyl groups is 1. The van der Waals surface area contributed by atoms with Crippen LogP contribution in [-0.2, 0) is 0 Å². The van der Waals surface area contributed by atoms with Crippen LogP contribution < -0.4 is 0 Å². The minimum Gasteiger partial charge on any atom is -0.508 e. The van der Waals surface area contributed by atoms with Crippen LogP contribution >= 0.6 is 0 Å². The van der Waals surface area contributed by atoms with Gasteiger partial charge < -0.3 is 10.2 Å². The first-order valence-electron chi connectivity index (χ1n) is 6.44. The molecule has 2 rings (SSSR count). The summed E-state index contributed by atoms with van der Waals surface area (Å²) in [6.45, 7) is 2.08. The van der Waals surface area contributed by atoms with Crippen LogP contribution in [0.1, 0.15) is 24.5 Å². The Morgan fingerprint density at radius 3 is 2.00 bits per heavy atom. The van der Waals surface area contributed by atoms with E-state index in [1.165, 1.54) is 0 Å². The smallest absolute Gasteiger partial charge is 0.115 e. The lowest BCUT2D eigenvalue weighted by Crippen LogP contribution is -1.98. The van der Waals surface area contributed by atoms with Crippen LogP contribution in [0, 0.1) is 0 Å². The van der Waals surface area contributed by atoms with E-state index in [1.807, 2.05) is 49.4 Å². The molecule has 0 bridgehead atoms. The van der Waals surface area contributed by atoms with Crippen molar-refractivity contribution in [2.24, 2.45) is 0 Å². The lowest BCUT2D eigenvalue weighted by molar-refractivity contribution is 0.328. The largest absolute Gasteiger partial charge is 0.508 e. The number of phenolic OH excluding ortho intramolecular Hbond substituents is 1. The highest BCUT2D eigenvalue weighted by molar-refractivity contribution is 5.82. The molecule has 0 heterocycles. The van der Waals surface area contributed by atoms with E-state index in [9.17, 15) is 10.2 Å². The molecule has 0 unspecified atom stereocenters. The monoisotopic (exact) mass is 254 g/mol. The zero-order chi connectivity index (χ0) is 13.7. The molecule has 0 fully saturated rings. The zero-order valence-corrected chi connectivity index (χ0v) is 11.0. The van der Waals surface area contributed by atoms with Gasteiger partial charge in [-0.15, -0.1) is 0 Å². The van der Waals surface area contributed by atoms with Gasteiger partial charge in [-0.3, -0.25) is 0 Å². The molecule has 0 saturated carbocycles. The molecule has 0 aliphatic rings. The van der Waals surface area contributed by atoms with Gasteiger partial charge in [0.25, 0.3) is 0 Å². The van der Waals surface area contributed by atoms with Crippen molar-refractivity contribution in [3.05, 3.63) is 71.3 Å². The second-order valence-corrected chi connectivity index (χ2v) is 4.40. The van der Waals surface area contributed by atoms with Crippen molar-refractivity contribution in [1.29, 1.82) is 0 Å². The summed E-state index contributed by atoms with van der Waals surface area (Å²) in [4.78, 5) is 0. The Balaban J connectivity index is 2.59. The molecule has 19 heavy (non-hydrogen) atoms. The molecule has 0 saturated heterocycles. The maximum atomic E-state index is 9.57. The number of aliphatic hydroxyl groups is 1. The van der Waals surface area contributed by atoms with Crippen LogP contribution in [0.15, 0.2) is 60.2 Å². The Morgan fingerprint density at radius 1 is 0.895 bits per heavy atom. The number of phenols is 1. The normalized spacial score (nSPS) is 12.1. The van der Waals surface area contributed by atoms with Crippen LogP contribution in [0.2, 0.25) is 0 Å². The molecule has 0 radical (unpaired) electrons. The standard InChI is InChI=1S/C17H18O2/c1-2-13(12-18)17(14-6-4-3-5-7-14)15-8-10-16(19)11-9-15/h3-11,18-19H,2,12H2,1H3/b17-13-. The van der Waals surface area contributed by atoms with Crippen LogP contribution in [0.4, 0.5) is 0 Å². The lowest BCUT2D eigenvalue weighted by Gasteiger charge is -2.14. The fourth-order valence-corrected chi connectivity index (χ4v) is 2.18. The Labute approximate surface area is 113 Å². The molecule has 0 aliphatic heterocycles. The van der Waals surface area contributed by atoms with Crippen molar-refractivity contribution in [2.75, 3.05) is 6.61 Å². The number of hydrogen-bond acceptors (Lipinski definition) is 2. The van der Waals surface area contributed by atoms with Gasteiger partial charge in [0.1, 0.15) is 5.75 Å². The van der Waals surface area contributed by atoms with E-state index in [2.05, 4.69) is 0 Å². The Morgan fingerprint density at radius 2 is 1.47 bits per heavy atom. The average Bonchev–Trinajstić information content (AvgIpc) is 2.47. The minimum atomic E-state index is 0.0433. The first-order chi connectivity index (χ1) is 9.26. The van der Waals surface area contributed by atoms with E-state index in [1.54, 1.807) is 12.1 Å². The molecule has 0 atom stereocenters. The van der Waals surface area contributed by atoms with Crippen molar-refractivity contribution in [3.8, 4) is 5.75 Å². The molecule has 2 heteroatoms. The van der Waals surface area contributed by atoms with Crippen molar-refractivity contribution < 1.29 is 10.2 Å². The summed E-state index contributed by atoms with van der Waals surface area (Å²) in [5.41, 5.74) is 4.14. The van der Waals surface area contributed by atoms with E-state index in [0.717, 1.165) is 28.7 Å². The summed E-state index contributed by atoms with van der Waals surface area (Å²) in [7, 11) is 0. The Bertz CT molecular complexity index is 548. The van der Waals surface area contributed by atoms with Crippen LogP contribution in [-0.4, -0.2) is 16.8 Å². The minimum absolute atomic E-state index is 0.0433. The average molecular weight is 254 g/mol. The third-order valence-corrected chi connectivity index (χ3v) is 3.19. The van der Waals surface area contributed by atoms with Crippen LogP contribution in [0.5, 0.6) is 5.75 Å². The maximum Gasteiger partial charge on any atom is 0.115 e. The molecule has 2 aromatic rings. The van der Waals surface area contributed by atoms with Gasteiger partial charge in [0, 0.05) is 0 Å². The summed E-state index contributed by atoms with van der Waals surface area (Å²) >= 11 is 0. The highest BCUT2D eigenvalue weighted by Gasteiger charge is 2.10. The van der Waals surface area contributed by atoms with E-state index in [0.29, 0.717) is 0 Å². The SMILES string of the molecule is CC/C(CO)=C(\c1ccccc1)c1ccc(O)cc1. The zero-order valence-electron chi connectivity index (χ0n) is 11.0. The van der Waals surface area contributed by atoms with E-state index in [4.69, 9.17) is 0 Å². The van der Waals surface area contributed by atoms with Gasteiger partial charge >= 0.3 is 0 Å². The molecule has 0 aromatic heterocycles. The number of rotatable bonds is 4. The van der Waals surface area contributed by atoms with Crippen molar-refractivity contribution in [2.45, 2.75) is 13.3 Å². The predicted molar refractivity (Wildman–Crippen MR) is 77.9 cm³/mol. The molecule has 0 aliphatic carbocycles. The fraction of sp³-hybridized carbons (Fsp3) is 0.176. The third kappa shape index (κ3) is 3.04. The van der Waals surface area contributed by atoms with Gasteiger partial charge in [0.15, 0.2) is 0 Å². The maximum absolute atomic E-state index is 9.57. The first kappa shape index (κ1) is 13.4. The molecular formula is C17H18O2. The predicted octanol–water partition coefficient (Wildman–Crippen LogP) is 3.60. The van der Waals surface area contributed by atoms with Crippen molar-refractivity contribution in [1.82, 2.24) is 0 Å². The van der Waals surface area contributed by atoms with E-state index in [-0.39, 0.29) is 12.4 Å². The summed E-state index contributed by atoms with van der Waals surface area (Å²) in [6.07, 6.45) is 0.793. The van der Waals surface area contributed by atoms with Crippen molar-refractivity contribution >= 4 is 5.57 Å². The highest BCUT2D eigenvalue weighted by Crippen LogP contribution is 2.29. The Hall–Kier alpha value is -2.06. The fourth-order valence-electron chi connectivity index (χ4n) is 2.18. The topological polar surface area (TPSA) is 40.5 Å². The number of benzene rings is 2. The molecular weight excluding hydrogens is 236 g/mol. The quantitative estimate of drug-likeness (QED) is 0.875. The summed E-state index contributed by atoms with van der Waals surface area (Å²) < 4.78 is 0. The summed E-state index contributed by atoms with van der Waals surface area (Å²) in [5, 5.41) is 19.0. The number of hydrogen-bond donors (Lipinski definition) is 2. The van der Waals surface area contributed by atoms with Crippen LogP contribution in [0.25, 0.3) is 5.57 Å². The van der Waals surface area contributed by atoms with Gasteiger partial charge in [-0.1, -0.05) is 49.4 Å². The molecule has 2 aromatic carbocycles. The van der Waals surface area contributed by atoms with Gasteiger partial charge in [0.05, 0.1) is 6.61 Å². The Kier molecular flexibility index (Phi) is 4.37. The van der Waals surface area contributed by atoms with Crippen molar-refractivity contribution in [3.63, 3.8) is 0 Å². The second kappa shape index (κ2) is 6.21. The summed E-state index contributed by atoms with van der Waals surface area (Å²) in [6, 6.07) is 17.1. The van der Waals surface area contributed by atoms with Gasteiger partial charge in [0.2, 0.25) is 0 Å².